The largest absolute Gasteiger partial charge is 0.497 e. The minimum Gasteiger partial charge on any atom is -0.497 e. The summed E-state index contributed by atoms with van der Waals surface area (Å²) in [5.41, 5.74) is 1.72. The van der Waals surface area contributed by atoms with Gasteiger partial charge >= 0.3 is 5.63 Å². The number of benzene rings is 3. The molecule has 7 nitrogen and oxygen atoms in total. The van der Waals surface area contributed by atoms with Crippen LogP contribution in [0.5, 0.6) is 11.5 Å². The number of anilines is 1. The van der Waals surface area contributed by atoms with Gasteiger partial charge in [0.15, 0.2) is 11.7 Å². The molecule has 1 amide bonds. The molecule has 8 heteroatoms. The Morgan fingerprint density at radius 3 is 2.62 bits per heavy atom. The molecule has 0 radical (unpaired) electrons. The van der Waals surface area contributed by atoms with Gasteiger partial charge in [-0.25, -0.2) is 9.78 Å². The maximum absolute atomic E-state index is 13.3. The zero-order valence-electron chi connectivity index (χ0n) is 18.3. The van der Waals surface area contributed by atoms with Gasteiger partial charge in [-0.15, -0.1) is 0 Å². The van der Waals surface area contributed by atoms with Crippen molar-refractivity contribution in [1.82, 2.24) is 4.98 Å². The van der Waals surface area contributed by atoms with Crippen LogP contribution in [0.3, 0.4) is 0 Å². The Kier molecular flexibility index (Phi) is 5.97. The van der Waals surface area contributed by atoms with Crippen LogP contribution in [0.2, 0.25) is 0 Å². The quantitative estimate of drug-likeness (QED) is 0.309. The SMILES string of the molecule is COc1ccc2nc(N(Cc3ccccc3)C(=O)COc3ccc4ccc(=O)oc4c3)sc2c1. The molecule has 0 aliphatic carbocycles. The highest BCUT2D eigenvalue weighted by atomic mass is 32.1. The van der Waals surface area contributed by atoms with E-state index in [9.17, 15) is 9.59 Å². The first-order valence-corrected chi connectivity index (χ1v) is 11.4. The van der Waals surface area contributed by atoms with E-state index < -0.39 is 5.63 Å². The molecule has 0 spiro atoms. The summed E-state index contributed by atoms with van der Waals surface area (Å²) in [7, 11) is 1.61. The van der Waals surface area contributed by atoms with Crippen LogP contribution in [-0.4, -0.2) is 24.6 Å². The summed E-state index contributed by atoms with van der Waals surface area (Å²) in [4.78, 5) is 31.1. The number of thiazole rings is 1. The van der Waals surface area contributed by atoms with Crippen molar-refractivity contribution in [2.24, 2.45) is 0 Å². The van der Waals surface area contributed by atoms with Crippen LogP contribution >= 0.6 is 11.3 Å². The van der Waals surface area contributed by atoms with E-state index in [0.29, 0.717) is 23.0 Å². The van der Waals surface area contributed by atoms with Gasteiger partial charge in [0, 0.05) is 17.5 Å². The van der Waals surface area contributed by atoms with Crippen LogP contribution in [0, 0.1) is 0 Å². The molecule has 0 atom stereocenters. The Morgan fingerprint density at radius 2 is 1.79 bits per heavy atom. The second-order valence-electron chi connectivity index (χ2n) is 7.54. The summed E-state index contributed by atoms with van der Waals surface area (Å²) in [6, 6.07) is 23.5. The number of carbonyl (C=O) groups excluding carboxylic acids is 1. The van der Waals surface area contributed by atoms with E-state index in [2.05, 4.69) is 4.98 Å². The first kappa shape index (κ1) is 21.7. The van der Waals surface area contributed by atoms with E-state index in [4.69, 9.17) is 13.9 Å². The molecule has 0 bridgehead atoms. The molecular weight excluding hydrogens is 452 g/mol. The van der Waals surface area contributed by atoms with Crippen LogP contribution in [0.25, 0.3) is 21.2 Å². The molecule has 170 valence electrons. The number of amides is 1. The average Bonchev–Trinajstić information content (AvgIpc) is 3.29. The van der Waals surface area contributed by atoms with Crippen molar-refractivity contribution in [1.29, 1.82) is 0 Å². The Balaban J connectivity index is 1.41. The van der Waals surface area contributed by atoms with Gasteiger partial charge in [-0.1, -0.05) is 41.7 Å². The molecule has 2 heterocycles. The molecule has 0 N–H and O–H groups in total. The highest BCUT2D eigenvalue weighted by Gasteiger charge is 2.21. The lowest BCUT2D eigenvalue weighted by Gasteiger charge is -2.20. The topological polar surface area (TPSA) is 81.9 Å². The number of methoxy groups -OCH3 is 1. The summed E-state index contributed by atoms with van der Waals surface area (Å²) < 4.78 is 17.2. The highest BCUT2D eigenvalue weighted by molar-refractivity contribution is 7.22. The summed E-state index contributed by atoms with van der Waals surface area (Å²) in [5, 5.41) is 1.35. The van der Waals surface area contributed by atoms with E-state index in [1.54, 1.807) is 36.3 Å². The lowest BCUT2D eigenvalue weighted by Crippen LogP contribution is -2.34. The molecule has 0 saturated carbocycles. The van der Waals surface area contributed by atoms with Gasteiger partial charge in [0.2, 0.25) is 0 Å². The molecule has 0 fully saturated rings. The predicted octanol–water partition coefficient (Wildman–Crippen LogP) is 5.02. The number of fused-ring (bicyclic) bond motifs is 2. The minimum atomic E-state index is -0.442. The summed E-state index contributed by atoms with van der Waals surface area (Å²) in [6.07, 6.45) is 0. The van der Waals surface area contributed by atoms with Crippen LogP contribution in [0.4, 0.5) is 5.13 Å². The third-order valence-electron chi connectivity index (χ3n) is 5.26. The molecular formula is C26H20N2O5S. The van der Waals surface area contributed by atoms with Crippen LogP contribution in [0.15, 0.2) is 88.1 Å². The molecule has 3 aromatic carbocycles. The van der Waals surface area contributed by atoms with Gasteiger partial charge < -0.3 is 13.9 Å². The summed E-state index contributed by atoms with van der Waals surface area (Å²) >= 11 is 1.42. The Hall–Kier alpha value is -4.17. The molecule has 0 unspecified atom stereocenters. The second-order valence-corrected chi connectivity index (χ2v) is 8.55. The maximum Gasteiger partial charge on any atom is 0.336 e. The number of hydrogen-bond acceptors (Lipinski definition) is 7. The smallest absolute Gasteiger partial charge is 0.336 e. The van der Waals surface area contributed by atoms with Gasteiger partial charge in [-0.2, -0.15) is 0 Å². The lowest BCUT2D eigenvalue weighted by atomic mass is 10.2. The fourth-order valence-corrected chi connectivity index (χ4v) is 4.53. The maximum atomic E-state index is 13.3. The zero-order valence-corrected chi connectivity index (χ0v) is 19.1. The van der Waals surface area contributed by atoms with Gasteiger partial charge in [0.1, 0.15) is 17.1 Å². The molecule has 34 heavy (non-hydrogen) atoms. The number of aromatic nitrogens is 1. The van der Waals surface area contributed by atoms with Gasteiger partial charge in [0.05, 0.1) is 23.9 Å². The van der Waals surface area contributed by atoms with Crippen molar-refractivity contribution < 1.29 is 18.7 Å². The standard InChI is InChI=1S/C26H20N2O5S/c1-31-19-10-11-21-23(14-19)34-26(27-21)28(15-17-5-3-2-4-6-17)24(29)16-32-20-9-7-18-8-12-25(30)33-22(18)13-20/h2-14H,15-16H2,1H3. The lowest BCUT2D eigenvalue weighted by molar-refractivity contribution is -0.120. The number of rotatable bonds is 7. The minimum absolute atomic E-state index is 0.200. The molecule has 0 saturated heterocycles. The van der Waals surface area contributed by atoms with Crippen molar-refractivity contribution in [3.05, 3.63) is 94.8 Å². The van der Waals surface area contributed by atoms with E-state index in [1.165, 1.54) is 17.4 Å². The van der Waals surface area contributed by atoms with Crippen molar-refractivity contribution in [2.45, 2.75) is 6.54 Å². The van der Waals surface area contributed by atoms with Gasteiger partial charge in [-0.3, -0.25) is 9.69 Å². The van der Waals surface area contributed by atoms with Crippen LogP contribution < -0.4 is 20.0 Å². The van der Waals surface area contributed by atoms with Crippen molar-refractivity contribution in [3.63, 3.8) is 0 Å². The zero-order chi connectivity index (χ0) is 23.5. The third-order valence-corrected chi connectivity index (χ3v) is 6.30. The van der Waals surface area contributed by atoms with E-state index in [1.807, 2.05) is 48.5 Å². The van der Waals surface area contributed by atoms with E-state index in [0.717, 1.165) is 26.9 Å². The van der Waals surface area contributed by atoms with E-state index in [-0.39, 0.29) is 12.5 Å². The fourth-order valence-electron chi connectivity index (χ4n) is 3.52. The molecule has 0 aliphatic rings. The number of hydrogen-bond donors (Lipinski definition) is 0. The first-order valence-electron chi connectivity index (χ1n) is 10.5. The first-order chi connectivity index (χ1) is 16.6. The predicted molar refractivity (Wildman–Crippen MR) is 132 cm³/mol. The van der Waals surface area contributed by atoms with Crippen molar-refractivity contribution in [3.8, 4) is 11.5 Å². The third kappa shape index (κ3) is 4.62. The summed E-state index contributed by atoms with van der Waals surface area (Å²) in [5.74, 6) is 0.920. The van der Waals surface area contributed by atoms with Crippen LogP contribution in [0.1, 0.15) is 5.56 Å². The number of nitrogens with zero attached hydrogens (tertiary/aromatic N) is 2. The van der Waals surface area contributed by atoms with Gasteiger partial charge in [0.25, 0.3) is 5.91 Å². The van der Waals surface area contributed by atoms with Crippen molar-refractivity contribution in [2.75, 3.05) is 18.6 Å². The van der Waals surface area contributed by atoms with E-state index >= 15 is 0 Å². The fraction of sp³-hybridized carbons (Fsp3) is 0.115. The monoisotopic (exact) mass is 472 g/mol. The molecule has 0 aliphatic heterocycles. The Morgan fingerprint density at radius 1 is 1.00 bits per heavy atom. The Bertz CT molecular complexity index is 1530. The highest BCUT2D eigenvalue weighted by Crippen LogP contribution is 2.32. The van der Waals surface area contributed by atoms with Gasteiger partial charge in [-0.05, 0) is 42.0 Å². The second kappa shape index (κ2) is 9.36. The average molecular weight is 473 g/mol. The normalized spacial score (nSPS) is 11.0. The summed E-state index contributed by atoms with van der Waals surface area (Å²) in [6.45, 7) is 0.154. The van der Waals surface area contributed by atoms with Crippen molar-refractivity contribution >= 4 is 43.6 Å². The molecule has 5 rings (SSSR count). The number of carbonyl (C=O) groups is 1. The van der Waals surface area contributed by atoms with Crippen LogP contribution in [-0.2, 0) is 11.3 Å². The molecule has 5 aromatic rings. The molecule has 2 aromatic heterocycles. The Labute approximate surface area is 198 Å². The number of ether oxygens (including phenoxy) is 2.